The number of hydrogen-bond acceptors (Lipinski definition) is 3. The normalized spacial score (nSPS) is 20.5. The molecule has 0 saturated carbocycles. The molecule has 106 valence electrons. The third-order valence-electron chi connectivity index (χ3n) is 3.55. The second-order valence-corrected chi connectivity index (χ2v) is 5.08. The third-order valence-corrected chi connectivity index (χ3v) is 3.55. The molecule has 1 fully saturated rings. The number of rotatable bonds is 5. The number of hydrogen-bond donors (Lipinski definition) is 2. The summed E-state index contributed by atoms with van der Waals surface area (Å²) in [7, 11) is 0. The molecule has 2 unspecified atom stereocenters. The molecule has 2 rings (SSSR count). The second-order valence-electron chi connectivity index (χ2n) is 5.08. The Morgan fingerprint density at radius 3 is 3.21 bits per heavy atom. The minimum absolute atomic E-state index is 0.0376. The Kier molecular flexibility index (Phi) is 4.85. The van der Waals surface area contributed by atoms with Crippen LogP contribution in [0, 0.1) is 0 Å². The second kappa shape index (κ2) is 6.61. The third kappa shape index (κ3) is 3.50. The lowest BCUT2D eigenvalue weighted by molar-refractivity contribution is 0.181. The van der Waals surface area contributed by atoms with Gasteiger partial charge in [0, 0.05) is 19.2 Å². The van der Waals surface area contributed by atoms with Crippen molar-refractivity contribution in [2.45, 2.75) is 44.7 Å². The van der Waals surface area contributed by atoms with Crippen LogP contribution in [-0.2, 0) is 0 Å². The van der Waals surface area contributed by atoms with Crippen LogP contribution >= 0.6 is 0 Å². The predicted molar refractivity (Wildman–Crippen MR) is 71.7 cm³/mol. The minimum Gasteiger partial charge on any atom is -0.467 e. The van der Waals surface area contributed by atoms with Gasteiger partial charge in [0.15, 0.2) is 0 Å². The van der Waals surface area contributed by atoms with Gasteiger partial charge in [-0.05, 0) is 44.7 Å². The summed E-state index contributed by atoms with van der Waals surface area (Å²) in [5.41, 5.74) is 0. The van der Waals surface area contributed by atoms with Crippen LogP contribution < -0.4 is 5.32 Å². The quantitative estimate of drug-likeness (QED) is 0.859. The highest BCUT2D eigenvalue weighted by molar-refractivity contribution is 5.75. The van der Waals surface area contributed by atoms with Gasteiger partial charge in [0.25, 0.3) is 0 Å². The van der Waals surface area contributed by atoms with Crippen molar-refractivity contribution in [1.82, 2.24) is 10.2 Å². The molecule has 5 nitrogen and oxygen atoms in total. The van der Waals surface area contributed by atoms with E-state index in [9.17, 15) is 4.79 Å². The number of nitrogens with zero attached hydrogens (tertiary/aromatic N) is 1. The van der Waals surface area contributed by atoms with Crippen molar-refractivity contribution < 1.29 is 14.3 Å². The highest BCUT2D eigenvalue weighted by Crippen LogP contribution is 2.32. The topological polar surface area (TPSA) is 65.7 Å². The van der Waals surface area contributed by atoms with Gasteiger partial charge in [0.05, 0.1) is 12.3 Å². The summed E-state index contributed by atoms with van der Waals surface area (Å²) >= 11 is 0. The summed E-state index contributed by atoms with van der Waals surface area (Å²) in [6.45, 7) is 2.90. The summed E-state index contributed by atoms with van der Waals surface area (Å²) in [5.74, 6) is 0.857. The van der Waals surface area contributed by atoms with Gasteiger partial charge in [-0.3, -0.25) is 0 Å². The van der Waals surface area contributed by atoms with E-state index >= 15 is 0 Å². The number of carbonyl (C=O) groups excluding carboxylic acids is 1. The molecule has 1 aliphatic rings. The average Bonchev–Trinajstić information content (AvgIpc) is 3.05. The molecule has 0 spiro atoms. The standard InChI is InChI=1S/C14H22N2O3/c1-11(5-3-9-17)15-14(18)16-8-2-6-12(16)13-7-4-10-19-13/h4,7,10-12,17H,2-3,5-6,8-9H2,1H3,(H,15,18). The van der Waals surface area contributed by atoms with Crippen molar-refractivity contribution >= 4 is 6.03 Å². The van der Waals surface area contributed by atoms with Gasteiger partial charge in [-0.2, -0.15) is 0 Å². The van der Waals surface area contributed by atoms with E-state index in [4.69, 9.17) is 9.52 Å². The lowest BCUT2D eigenvalue weighted by atomic mass is 10.1. The van der Waals surface area contributed by atoms with Gasteiger partial charge in [-0.25, -0.2) is 4.79 Å². The van der Waals surface area contributed by atoms with E-state index in [0.29, 0.717) is 6.42 Å². The first-order valence-electron chi connectivity index (χ1n) is 6.93. The highest BCUT2D eigenvalue weighted by atomic mass is 16.3. The average molecular weight is 266 g/mol. The zero-order valence-electron chi connectivity index (χ0n) is 11.3. The molecule has 0 radical (unpaired) electrons. The molecular weight excluding hydrogens is 244 g/mol. The maximum Gasteiger partial charge on any atom is 0.318 e. The molecular formula is C14H22N2O3. The van der Waals surface area contributed by atoms with Gasteiger partial charge in [0.1, 0.15) is 5.76 Å². The Morgan fingerprint density at radius 2 is 2.53 bits per heavy atom. The van der Waals surface area contributed by atoms with E-state index in [-0.39, 0.29) is 24.7 Å². The number of nitrogens with one attached hydrogen (secondary N) is 1. The van der Waals surface area contributed by atoms with E-state index in [1.807, 2.05) is 24.0 Å². The fraction of sp³-hybridized carbons (Fsp3) is 0.643. The molecule has 0 aliphatic carbocycles. The Bertz CT molecular complexity index is 391. The minimum atomic E-state index is -0.0376. The maximum atomic E-state index is 12.2. The van der Waals surface area contributed by atoms with Crippen LogP contribution in [0.3, 0.4) is 0 Å². The van der Waals surface area contributed by atoms with Crippen molar-refractivity contribution in [1.29, 1.82) is 0 Å². The van der Waals surface area contributed by atoms with E-state index in [2.05, 4.69) is 5.32 Å². The first-order chi connectivity index (χ1) is 9.22. The molecule has 0 bridgehead atoms. The highest BCUT2D eigenvalue weighted by Gasteiger charge is 2.32. The zero-order valence-corrected chi connectivity index (χ0v) is 11.3. The summed E-state index contributed by atoms with van der Waals surface area (Å²) in [4.78, 5) is 14.1. The van der Waals surface area contributed by atoms with E-state index in [0.717, 1.165) is 31.6 Å². The zero-order chi connectivity index (χ0) is 13.7. The van der Waals surface area contributed by atoms with Crippen LogP contribution in [0.25, 0.3) is 0 Å². The number of furan rings is 1. The number of aliphatic hydroxyl groups excluding tert-OH is 1. The van der Waals surface area contributed by atoms with E-state index < -0.39 is 0 Å². The van der Waals surface area contributed by atoms with E-state index in [1.54, 1.807) is 6.26 Å². The van der Waals surface area contributed by atoms with Gasteiger partial charge < -0.3 is 19.7 Å². The van der Waals surface area contributed by atoms with Gasteiger partial charge in [0.2, 0.25) is 0 Å². The van der Waals surface area contributed by atoms with Gasteiger partial charge in [-0.15, -0.1) is 0 Å². The fourth-order valence-electron chi connectivity index (χ4n) is 2.55. The molecule has 1 saturated heterocycles. The summed E-state index contributed by atoms with van der Waals surface area (Å²) in [5, 5.41) is 11.8. The Hall–Kier alpha value is -1.49. The number of carbonyl (C=O) groups is 1. The first-order valence-corrected chi connectivity index (χ1v) is 6.93. The van der Waals surface area contributed by atoms with Crippen molar-refractivity contribution in [2.75, 3.05) is 13.2 Å². The smallest absolute Gasteiger partial charge is 0.318 e. The lowest BCUT2D eigenvalue weighted by Crippen LogP contribution is -2.43. The Labute approximate surface area is 113 Å². The summed E-state index contributed by atoms with van der Waals surface area (Å²) in [6, 6.07) is 3.88. The first kappa shape index (κ1) is 13.9. The predicted octanol–water partition coefficient (Wildman–Crippen LogP) is 2.29. The molecule has 19 heavy (non-hydrogen) atoms. The van der Waals surface area contributed by atoms with Crippen LogP contribution in [-0.4, -0.2) is 35.2 Å². The molecule has 5 heteroatoms. The van der Waals surface area contributed by atoms with Crippen molar-refractivity contribution in [3.8, 4) is 0 Å². The number of likely N-dealkylation sites (tertiary alicyclic amines) is 1. The molecule has 2 atom stereocenters. The van der Waals surface area contributed by atoms with Crippen LogP contribution in [0.2, 0.25) is 0 Å². The maximum absolute atomic E-state index is 12.2. The van der Waals surface area contributed by atoms with Gasteiger partial charge >= 0.3 is 6.03 Å². The van der Waals surface area contributed by atoms with Crippen LogP contribution in [0.5, 0.6) is 0 Å². The lowest BCUT2D eigenvalue weighted by Gasteiger charge is -2.25. The summed E-state index contributed by atoms with van der Waals surface area (Å²) < 4.78 is 5.41. The largest absolute Gasteiger partial charge is 0.467 e. The van der Waals surface area contributed by atoms with Crippen molar-refractivity contribution in [2.24, 2.45) is 0 Å². The molecule has 1 aromatic rings. The van der Waals surface area contributed by atoms with Crippen molar-refractivity contribution in [3.05, 3.63) is 24.2 Å². The molecule has 0 aromatic carbocycles. The summed E-state index contributed by atoms with van der Waals surface area (Å²) in [6.07, 6.45) is 5.11. The van der Waals surface area contributed by atoms with Crippen LogP contribution in [0.4, 0.5) is 4.79 Å². The number of urea groups is 1. The number of aliphatic hydroxyl groups is 1. The molecule has 1 aliphatic heterocycles. The van der Waals surface area contributed by atoms with Crippen LogP contribution in [0.15, 0.2) is 22.8 Å². The Balaban J connectivity index is 1.91. The van der Waals surface area contributed by atoms with Crippen molar-refractivity contribution in [3.63, 3.8) is 0 Å². The number of amides is 2. The van der Waals surface area contributed by atoms with E-state index in [1.165, 1.54) is 0 Å². The Morgan fingerprint density at radius 1 is 1.68 bits per heavy atom. The fourth-order valence-corrected chi connectivity index (χ4v) is 2.55. The molecule has 2 N–H and O–H groups in total. The van der Waals surface area contributed by atoms with Crippen LogP contribution in [0.1, 0.15) is 44.4 Å². The SMILES string of the molecule is CC(CCCO)NC(=O)N1CCCC1c1ccco1. The molecule has 1 aromatic heterocycles. The monoisotopic (exact) mass is 266 g/mol. The molecule has 2 heterocycles. The van der Waals surface area contributed by atoms with Gasteiger partial charge in [-0.1, -0.05) is 0 Å². The molecule has 2 amide bonds.